The fourth-order valence-electron chi connectivity index (χ4n) is 2.20. The van der Waals surface area contributed by atoms with E-state index < -0.39 is 0 Å². The van der Waals surface area contributed by atoms with Crippen molar-refractivity contribution in [2.45, 2.75) is 20.3 Å². The molecule has 0 saturated carbocycles. The van der Waals surface area contributed by atoms with Crippen molar-refractivity contribution in [3.05, 3.63) is 54.1 Å². The van der Waals surface area contributed by atoms with Gasteiger partial charge in [0.15, 0.2) is 0 Å². The summed E-state index contributed by atoms with van der Waals surface area (Å²) in [5, 5.41) is 6.48. The molecule has 2 aromatic carbocycles. The maximum Gasteiger partial charge on any atom is 0.315 e. The molecule has 0 aliphatic rings. The number of hydrogen-bond donors (Lipinski definition) is 2. The Hall–Kier alpha value is -2.49. The highest BCUT2D eigenvalue weighted by molar-refractivity contribution is 5.76. The Labute approximate surface area is 131 Å². The summed E-state index contributed by atoms with van der Waals surface area (Å²) < 4.78 is 5.47. The molecule has 116 valence electrons. The molecule has 22 heavy (non-hydrogen) atoms. The van der Waals surface area contributed by atoms with Gasteiger partial charge in [0.1, 0.15) is 5.75 Å². The largest absolute Gasteiger partial charge is 0.426 e. The summed E-state index contributed by atoms with van der Waals surface area (Å²) in [6.45, 7) is 5.68. The average Bonchev–Trinajstić information content (AvgIpc) is 2.48. The lowest BCUT2D eigenvalue weighted by Crippen LogP contribution is -2.12. The van der Waals surface area contributed by atoms with Gasteiger partial charge in [-0.15, -0.1) is 0 Å². The van der Waals surface area contributed by atoms with E-state index in [0.717, 1.165) is 30.0 Å². The van der Waals surface area contributed by atoms with E-state index in [4.69, 9.17) is 4.74 Å². The van der Waals surface area contributed by atoms with E-state index in [9.17, 15) is 4.79 Å². The molecule has 4 nitrogen and oxygen atoms in total. The number of esters is 1. The number of anilines is 2. The number of hydrogen-bond acceptors (Lipinski definition) is 4. The van der Waals surface area contributed by atoms with Gasteiger partial charge < -0.3 is 15.4 Å². The molecule has 0 radical (unpaired) electrons. The van der Waals surface area contributed by atoms with E-state index >= 15 is 0 Å². The van der Waals surface area contributed by atoms with Gasteiger partial charge in [0, 0.05) is 36.6 Å². The smallest absolute Gasteiger partial charge is 0.315 e. The topological polar surface area (TPSA) is 50.4 Å². The number of carbonyl (C=O) groups excluding carboxylic acids is 1. The first-order valence-electron chi connectivity index (χ1n) is 7.58. The van der Waals surface area contributed by atoms with Crippen LogP contribution in [0.3, 0.4) is 0 Å². The molecule has 0 aliphatic carbocycles. The van der Waals surface area contributed by atoms with Crippen LogP contribution in [0, 0.1) is 0 Å². The van der Waals surface area contributed by atoms with E-state index in [0.29, 0.717) is 5.75 Å². The summed E-state index contributed by atoms with van der Waals surface area (Å²) in [5.74, 6) is 0.289. The van der Waals surface area contributed by atoms with Crippen LogP contribution in [-0.4, -0.2) is 19.1 Å². The first-order valence-corrected chi connectivity index (χ1v) is 7.58. The van der Waals surface area contributed by atoms with Crippen LogP contribution in [0.15, 0.2) is 48.5 Å². The minimum Gasteiger partial charge on any atom is -0.426 e. The van der Waals surface area contributed by atoms with Crippen molar-refractivity contribution >= 4 is 17.3 Å². The Morgan fingerprint density at radius 1 is 0.955 bits per heavy atom. The second-order valence-corrected chi connectivity index (χ2v) is 4.94. The van der Waals surface area contributed by atoms with Crippen molar-refractivity contribution in [2.24, 2.45) is 0 Å². The van der Waals surface area contributed by atoms with Gasteiger partial charge in [0.25, 0.3) is 0 Å². The zero-order valence-electron chi connectivity index (χ0n) is 13.1. The Morgan fingerprint density at radius 3 is 2.09 bits per heavy atom. The fourth-order valence-corrected chi connectivity index (χ4v) is 2.20. The Balaban J connectivity index is 2.08. The van der Waals surface area contributed by atoms with Gasteiger partial charge in [-0.1, -0.05) is 30.3 Å². The lowest BCUT2D eigenvalue weighted by Gasteiger charge is -2.12. The molecule has 2 N–H and O–H groups in total. The second kappa shape index (κ2) is 8.08. The minimum absolute atomic E-state index is 0.262. The number of nitrogens with one attached hydrogen (secondary N) is 2. The summed E-state index contributed by atoms with van der Waals surface area (Å²) in [4.78, 5) is 12.1. The van der Waals surface area contributed by atoms with Crippen LogP contribution >= 0.6 is 0 Å². The van der Waals surface area contributed by atoms with E-state index in [1.54, 1.807) is 0 Å². The second-order valence-electron chi connectivity index (χ2n) is 4.94. The van der Waals surface area contributed by atoms with Gasteiger partial charge in [0.05, 0.1) is 6.42 Å². The predicted molar refractivity (Wildman–Crippen MR) is 90.6 cm³/mol. The van der Waals surface area contributed by atoms with Gasteiger partial charge in [-0.3, -0.25) is 4.79 Å². The van der Waals surface area contributed by atoms with Crippen LogP contribution in [0.2, 0.25) is 0 Å². The van der Waals surface area contributed by atoms with Crippen molar-refractivity contribution in [1.82, 2.24) is 0 Å². The molecule has 0 heterocycles. The van der Waals surface area contributed by atoms with Gasteiger partial charge in [0.2, 0.25) is 0 Å². The van der Waals surface area contributed by atoms with Crippen LogP contribution in [0.25, 0.3) is 0 Å². The lowest BCUT2D eigenvalue weighted by molar-refractivity contribution is -0.133. The van der Waals surface area contributed by atoms with Crippen molar-refractivity contribution in [3.8, 4) is 5.75 Å². The normalized spacial score (nSPS) is 10.1. The lowest BCUT2D eigenvalue weighted by atomic mass is 10.1. The van der Waals surface area contributed by atoms with Crippen LogP contribution in [0.1, 0.15) is 19.4 Å². The molecule has 2 aromatic rings. The molecule has 4 heteroatoms. The van der Waals surface area contributed by atoms with Crippen LogP contribution < -0.4 is 15.4 Å². The predicted octanol–water partition coefficient (Wildman–Crippen LogP) is 3.70. The number of carbonyl (C=O) groups is 1. The summed E-state index contributed by atoms with van der Waals surface area (Å²) in [7, 11) is 0. The highest BCUT2D eigenvalue weighted by Gasteiger charge is 2.08. The number of rotatable bonds is 7. The maximum absolute atomic E-state index is 12.1. The maximum atomic E-state index is 12.1. The third-order valence-electron chi connectivity index (χ3n) is 3.09. The van der Waals surface area contributed by atoms with Crippen LogP contribution in [0.5, 0.6) is 5.75 Å². The molecule has 0 amide bonds. The quantitative estimate of drug-likeness (QED) is 0.604. The molecular weight excluding hydrogens is 276 g/mol. The molecule has 0 saturated heterocycles. The van der Waals surface area contributed by atoms with Crippen molar-refractivity contribution in [1.29, 1.82) is 0 Å². The number of benzene rings is 2. The molecule has 0 fully saturated rings. The van der Waals surface area contributed by atoms with E-state index in [2.05, 4.69) is 10.6 Å². The average molecular weight is 298 g/mol. The summed E-state index contributed by atoms with van der Waals surface area (Å²) in [6.07, 6.45) is 0.267. The molecule has 0 aromatic heterocycles. The van der Waals surface area contributed by atoms with Gasteiger partial charge >= 0.3 is 5.97 Å². The Kier molecular flexibility index (Phi) is 5.83. The molecule has 2 rings (SSSR count). The van der Waals surface area contributed by atoms with E-state index in [1.807, 2.05) is 62.4 Å². The third-order valence-corrected chi connectivity index (χ3v) is 3.09. The van der Waals surface area contributed by atoms with Crippen molar-refractivity contribution in [3.63, 3.8) is 0 Å². The Bertz CT molecular complexity index is 587. The fraction of sp³-hybridized carbons (Fsp3) is 0.278. The van der Waals surface area contributed by atoms with E-state index in [-0.39, 0.29) is 12.4 Å². The van der Waals surface area contributed by atoms with Crippen molar-refractivity contribution < 1.29 is 9.53 Å². The summed E-state index contributed by atoms with van der Waals surface area (Å²) >= 11 is 0. The highest BCUT2D eigenvalue weighted by atomic mass is 16.5. The molecule has 0 spiro atoms. The van der Waals surface area contributed by atoms with Crippen molar-refractivity contribution in [2.75, 3.05) is 23.7 Å². The van der Waals surface area contributed by atoms with Crippen LogP contribution in [0.4, 0.5) is 11.4 Å². The SMILES string of the molecule is CCNc1cc(NCC)cc(OC(=O)Cc2ccccc2)c1. The molecular formula is C18H22N2O2. The summed E-state index contributed by atoms with van der Waals surface area (Å²) in [5.41, 5.74) is 2.81. The first-order chi connectivity index (χ1) is 10.7. The Morgan fingerprint density at radius 2 is 1.55 bits per heavy atom. The molecule has 0 aliphatic heterocycles. The van der Waals surface area contributed by atoms with Gasteiger partial charge in [-0.05, 0) is 25.5 Å². The van der Waals surface area contributed by atoms with Gasteiger partial charge in [-0.2, -0.15) is 0 Å². The number of ether oxygens (including phenoxy) is 1. The van der Waals surface area contributed by atoms with E-state index in [1.165, 1.54) is 0 Å². The monoisotopic (exact) mass is 298 g/mol. The zero-order valence-corrected chi connectivity index (χ0v) is 13.1. The molecule has 0 atom stereocenters. The summed E-state index contributed by atoms with van der Waals surface area (Å²) in [6, 6.07) is 15.3. The molecule has 0 unspecified atom stereocenters. The highest BCUT2D eigenvalue weighted by Crippen LogP contribution is 2.25. The minimum atomic E-state index is -0.262. The first kappa shape index (κ1) is 15.9. The third kappa shape index (κ3) is 4.81. The molecule has 0 bridgehead atoms. The van der Waals surface area contributed by atoms with Crippen LogP contribution in [-0.2, 0) is 11.2 Å². The zero-order chi connectivity index (χ0) is 15.8. The van der Waals surface area contributed by atoms with Gasteiger partial charge in [-0.25, -0.2) is 0 Å². The standard InChI is InChI=1S/C18H22N2O2/c1-3-19-15-11-16(20-4-2)13-17(12-15)22-18(21)10-14-8-6-5-7-9-14/h5-9,11-13,19-20H,3-4,10H2,1-2H3.